The summed E-state index contributed by atoms with van der Waals surface area (Å²) in [7, 11) is 0. The zero-order chi connectivity index (χ0) is 25.7. The number of carboxylic acids is 1. The van der Waals surface area contributed by atoms with Crippen LogP contribution in [-0.4, -0.2) is 82.1 Å². The molecule has 34 heavy (non-hydrogen) atoms. The molecule has 12 nitrogen and oxygen atoms in total. The number of unbranched alkanes of at least 4 members (excludes halogenated alkanes) is 1. The van der Waals surface area contributed by atoms with Gasteiger partial charge in [0.25, 0.3) is 0 Å². The van der Waals surface area contributed by atoms with Gasteiger partial charge < -0.3 is 42.7 Å². The Morgan fingerprint density at radius 3 is 2.00 bits per heavy atom. The molecule has 190 valence electrons. The fraction of sp³-hybridized carbons (Fsp3) is 0.524. The number of benzene rings is 1. The summed E-state index contributed by atoms with van der Waals surface area (Å²) >= 11 is 3.98. The van der Waals surface area contributed by atoms with Crippen molar-refractivity contribution in [3.63, 3.8) is 0 Å². The molecule has 1 aromatic rings. The van der Waals surface area contributed by atoms with Gasteiger partial charge in [0.15, 0.2) is 0 Å². The van der Waals surface area contributed by atoms with Crippen molar-refractivity contribution in [3.05, 3.63) is 29.8 Å². The Morgan fingerprint density at radius 2 is 1.47 bits per heavy atom. The number of nitrogens with two attached hydrogens (primary N) is 2. The molecule has 0 radical (unpaired) electrons. The Morgan fingerprint density at radius 1 is 0.912 bits per heavy atom. The lowest BCUT2D eigenvalue weighted by Gasteiger charge is -2.25. The highest BCUT2D eigenvalue weighted by Gasteiger charge is 2.30. The van der Waals surface area contributed by atoms with E-state index in [1.54, 1.807) is 0 Å². The topological polar surface area (TPSA) is 217 Å². The van der Waals surface area contributed by atoms with Crippen molar-refractivity contribution in [1.82, 2.24) is 16.0 Å². The van der Waals surface area contributed by atoms with Crippen molar-refractivity contribution in [2.24, 2.45) is 11.5 Å². The van der Waals surface area contributed by atoms with Crippen LogP contribution in [0.15, 0.2) is 24.3 Å². The first-order chi connectivity index (χ1) is 16.1. The van der Waals surface area contributed by atoms with Crippen LogP contribution in [0.25, 0.3) is 0 Å². The van der Waals surface area contributed by atoms with Gasteiger partial charge in [-0.05, 0) is 43.5 Å². The third-order valence-electron chi connectivity index (χ3n) is 4.92. The minimum Gasteiger partial charge on any atom is -0.508 e. The van der Waals surface area contributed by atoms with Gasteiger partial charge in [-0.15, -0.1) is 0 Å². The van der Waals surface area contributed by atoms with Crippen molar-refractivity contribution in [3.8, 4) is 5.75 Å². The number of aromatic hydroxyl groups is 1. The molecule has 0 saturated heterocycles. The number of aliphatic hydroxyl groups excluding tert-OH is 1. The minimum absolute atomic E-state index is 0.00298. The highest BCUT2D eigenvalue weighted by Crippen LogP contribution is 2.12. The molecule has 0 spiro atoms. The van der Waals surface area contributed by atoms with Crippen LogP contribution in [0.3, 0.4) is 0 Å². The summed E-state index contributed by atoms with van der Waals surface area (Å²) in [4.78, 5) is 49.3. The van der Waals surface area contributed by atoms with E-state index in [0.29, 0.717) is 24.9 Å². The smallest absolute Gasteiger partial charge is 0.328 e. The Bertz CT molecular complexity index is 824. The largest absolute Gasteiger partial charge is 0.508 e. The summed E-state index contributed by atoms with van der Waals surface area (Å²) in [6, 6.07) is 1.10. The number of rotatable bonds is 15. The number of aliphatic hydroxyl groups is 1. The van der Waals surface area contributed by atoms with Crippen LogP contribution in [0, 0.1) is 0 Å². The summed E-state index contributed by atoms with van der Waals surface area (Å²) in [5, 5.41) is 35.1. The van der Waals surface area contributed by atoms with Gasteiger partial charge in [-0.25, -0.2) is 4.79 Å². The lowest BCUT2D eigenvalue weighted by Crippen LogP contribution is -2.58. The fourth-order valence-electron chi connectivity index (χ4n) is 2.93. The molecular weight excluding hydrogens is 466 g/mol. The van der Waals surface area contributed by atoms with Crippen LogP contribution in [0.4, 0.5) is 0 Å². The van der Waals surface area contributed by atoms with Crippen molar-refractivity contribution < 1.29 is 34.5 Å². The molecule has 1 rings (SSSR count). The van der Waals surface area contributed by atoms with Crippen LogP contribution in [0.1, 0.15) is 24.8 Å². The number of amides is 3. The number of thiol groups is 1. The summed E-state index contributed by atoms with van der Waals surface area (Å²) < 4.78 is 0. The molecular formula is C21H33N5O7S. The Kier molecular flexibility index (Phi) is 13.0. The SMILES string of the molecule is NCCCCC(NC(=O)C(N)CS)C(=O)NC(Cc1ccc(O)cc1)C(=O)NC(CO)C(=O)O. The summed E-state index contributed by atoms with van der Waals surface area (Å²) in [6.45, 7) is -0.456. The Hall–Kier alpha value is -2.87. The number of hydrogen-bond acceptors (Lipinski definition) is 9. The lowest BCUT2D eigenvalue weighted by molar-refractivity contribution is -0.143. The lowest BCUT2D eigenvalue weighted by atomic mass is 10.0. The van der Waals surface area contributed by atoms with Crippen molar-refractivity contribution in [2.75, 3.05) is 18.9 Å². The first-order valence-corrected chi connectivity index (χ1v) is 11.3. The molecule has 13 heteroatoms. The third-order valence-corrected chi connectivity index (χ3v) is 5.31. The van der Waals surface area contributed by atoms with E-state index < -0.39 is 54.5 Å². The minimum atomic E-state index is -1.57. The van der Waals surface area contributed by atoms with Gasteiger partial charge >= 0.3 is 5.97 Å². The highest BCUT2D eigenvalue weighted by molar-refractivity contribution is 7.80. The van der Waals surface area contributed by atoms with Gasteiger partial charge in [0.2, 0.25) is 17.7 Å². The van der Waals surface area contributed by atoms with E-state index in [-0.39, 0.29) is 24.3 Å². The molecule has 0 fully saturated rings. The monoisotopic (exact) mass is 499 g/mol. The van der Waals surface area contributed by atoms with Gasteiger partial charge in [-0.1, -0.05) is 12.1 Å². The molecule has 4 unspecified atom stereocenters. The number of carboxylic acid groups (broad SMARTS) is 1. The molecule has 3 amide bonds. The van der Waals surface area contributed by atoms with E-state index in [4.69, 9.17) is 16.6 Å². The second-order valence-electron chi connectivity index (χ2n) is 7.65. The summed E-state index contributed by atoms with van der Waals surface area (Å²) in [6.07, 6.45) is 1.31. The van der Waals surface area contributed by atoms with E-state index in [0.717, 1.165) is 0 Å². The molecule has 10 N–H and O–H groups in total. The number of aliphatic carboxylic acids is 1. The van der Waals surface area contributed by atoms with Gasteiger partial charge in [0, 0.05) is 12.2 Å². The van der Waals surface area contributed by atoms with E-state index in [9.17, 15) is 29.4 Å². The molecule has 0 bridgehead atoms. The maximum atomic E-state index is 13.0. The highest BCUT2D eigenvalue weighted by atomic mass is 32.1. The van der Waals surface area contributed by atoms with E-state index in [2.05, 4.69) is 28.6 Å². The summed E-state index contributed by atoms with van der Waals surface area (Å²) in [5.74, 6) is -3.49. The van der Waals surface area contributed by atoms with Crippen LogP contribution in [0.5, 0.6) is 5.75 Å². The van der Waals surface area contributed by atoms with Crippen molar-refractivity contribution in [1.29, 1.82) is 0 Å². The first-order valence-electron chi connectivity index (χ1n) is 10.7. The molecule has 0 heterocycles. The van der Waals surface area contributed by atoms with Crippen LogP contribution >= 0.6 is 12.6 Å². The third kappa shape index (κ3) is 9.95. The van der Waals surface area contributed by atoms with E-state index in [1.807, 2.05) is 0 Å². The Balaban J connectivity index is 3.09. The van der Waals surface area contributed by atoms with Gasteiger partial charge in [-0.2, -0.15) is 12.6 Å². The predicted octanol–water partition coefficient (Wildman–Crippen LogP) is -2.15. The zero-order valence-electron chi connectivity index (χ0n) is 18.6. The number of hydrogen-bond donors (Lipinski definition) is 9. The maximum absolute atomic E-state index is 13.0. The molecule has 0 aliphatic heterocycles. The van der Waals surface area contributed by atoms with Crippen LogP contribution in [0.2, 0.25) is 0 Å². The normalized spacial score (nSPS) is 14.4. The number of nitrogens with one attached hydrogen (secondary N) is 3. The number of carbonyl (C=O) groups is 4. The van der Waals surface area contributed by atoms with Gasteiger partial charge in [0.05, 0.1) is 12.6 Å². The molecule has 0 aromatic heterocycles. The average molecular weight is 500 g/mol. The molecule has 0 saturated carbocycles. The van der Waals surface area contributed by atoms with Crippen molar-refractivity contribution >= 4 is 36.3 Å². The zero-order valence-corrected chi connectivity index (χ0v) is 19.5. The number of phenolic OH excluding ortho intramolecular Hbond substituents is 1. The van der Waals surface area contributed by atoms with Crippen LogP contribution < -0.4 is 27.4 Å². The maximum Gasteiger partial charge on any atom is 0.328 e. The average Bonchev–Trinajstić information content (AvgIpc) is 2.81. The van der Waals surface area contributed by atoms with Gasteiger partial charge in [0.1, 0.15) is 23.9 Å². The predicted molar refractivity (Wildman–Crippen MR) is 127 cm³/mol. The first kappa shape index (κ1) is 29.2. The van der Waals surface area contributed by atoms with E-state index >= 15 is 0 Å². The quantitative estimate of drug-likeness (QED) is 0.0948. The summed E-state index contributed by atoms with van der Waals surface area (Å²) in [5.41, 5.74) is 11.7. The van der Waals surface area contributed by atoms with E-state index in [1.165, 1.54) is 24.3 Å². The second-order valence-corrected chi connectivity index (χ2v) is 8.01. The molecule has 4 atom stereocenters. The van der Waals surface area contributed by atoms with Gasteiger partial charge in [-0.3, -0.25) is 14.4 Å². The molecule has 0 aliphatic carbocycles. The van der Waals surface area contributed by atoms with Crippen LogP contribution in [-0.2, 0) is 25.6 Å². The fourth-order valence-corrected chi connectivity index (χ4v) is 3.10. The standard InChI is InChI=1S/C21H33N5O7S/c22-8-2-1-3-15(24-18(29)14(23)11-34)19(30)25-16(9-12-4-6-13(28)7-5-12)20(31)26-17(10-27)21(32)33/h4-7,14-17,27-28,34H,1-3,8-11,22-23H2,(H,24,29)(H,25,30)(H,26,31)(H,32,33). The molecule has 1 aromatic carbocycles. The number of phenols is 1. The Labute approximate surface area is 202 Å². The second kappa shape index (κ2) is 15.1. The van der Waals surface area contributed by atoms with Crippen molar-refractivity contribution in [2.45, 2.75) is 49.9 Å². The molecule has 0 aliphatic rings. The number of carbonyl (C=O) groups excluding carboxylic acids is 3.